The van der Waals surface area contributed by atoms with Gasteiger partial charge in [-0.1, -0.05) is 32.1 Å². The van der Waals surface area contributed by atoms with Crippen molar-refractivity contribution in [3.8, 4) is 0 Å². The van der Waals surface area contributed by atoms with E-state index in [1.54, 1.807) is 0 Å². The number of nitrogens with one attached hydrogen (secondary N) is 1. The molecule has 3 heteroatoms. The first-order chi connectivity index (χ1) is 8.03. The standard InChI is InChI=1S/C14H27NO2/c1-14(2,10-11-16)15-13(17)9-8-12-6-4-3-5-7-12/h12,16H,3-11H2,1-2H3,(H,15,17). The first-order valence-electron chi connectivity index (χ1n) is 6.95. The zero-order valence-electron chi connectivity index (χ0n) is 11.3. The van der Waals surface area contributed by atoms with Crippen molar-refractivity contribution in [1.82, 2.24) is 5.32 Å². The van der Waals surface area contributed by atoms with Gasteiger partial charge >= 0.3 is 0 Å². The van der Waals surface area contributed by atoms with Crippen molar-refractivity contribution in [3.05, 3.63) is 0 Å². The minimum absolute atomic E-state index is 0.121. The van der Waals surface area contributed by atoms with Crippen LogP contribution in [0.5, 0.6) is 0 Å². The molecular weight excluding hydrogens is 214 g/mol. The van der Waals surface area contributed by atoms with Gasteiger partial charge in [0.15, 0.2) is 0 Å². The molecule has 3 nitrogen and oxygen atoms in total. The number of hydrogen-bond acceptors (Lipinski definition) is 2. The van der Waals surface area contributed by atoms with Crippen LogP contribution in [0.4, 0.5) is 0 Å². The molecule has 0 aromatic rings. The van der Waals surface area contributed by atoms with Gasteiger partial charge in [-0.05, 0) is 32.6 Å². The third-order valence-corrected chi connectivity index (χ3v) is 3.72. The van der Waals surface area contributed by atoms with Crippen LogP contribution in [-0.2, 0) is 4.79 Å². The summed E-state index contributed by atoms with van der Waals surface area (Å²) in [5.41, 5.74) is -0.279. The van der Waals surface area contributed by atoms with Gasteiger partial charge in [-0.25, -0.2) is 0 Å². The van der Waals surface area contributed by atoms with E-state index in [2.05, 4.69) is 5.32 Å². The second kappa shape index (κ2) is 7.00. The van der Waals surface area contributed by atoms with E-state index in [0.29, 0.717) is 12.8 Å². The highest BCUT2D eigenvalue weighted by molar-refractivity contribution is 5.76. The number of rotatable bonds is 6. The summed E-state index contributed by atoms with van der Waals surface area (Å²) in [5, 5.41) is 11.9. The molecule has 0 unspecified atom stereocenters. The second-order valence-electron chi connectivity index (χ2n) is 5.95. The molecule has 1 saturated carbocycles. The van der Waals surface area contributed by atoms with Crippen LogP contribution in [0.1, 0.15) is 65.2 Å². The topological polar surface area (TPSA) is 49.3 Å². The molecule has 0 bridgehead atoms. The maximum absolute atomic E-state index is 11.8. The summed E-state index contributed by atoms with van der Waals surface area (Å²) in [5.74, 6) is 0.893. The highest BCUT2D eigenvalue weighted by atomic mass is 16.3. The molecule has 1 amide bonds. The minimum Gasteiger partial charge on any atom is -0.396 e. The Bertz CT molecular complexity index is 232. The lowest BCUT2D eigenvalue weighted by atomic mass is 9.86. The summed E-state index contributed by atoms with van der Waals surface area (Å²) in [4.78, 5) is 11.8. The normalized spacial score (nSPS) is 18.1. The molecule has 100 valence electrons. The molecular formula is C14H27NO2. The molecule has 0 aromatic heterocycles. The van der Waals surface area contributed by atoms with Crippen molar-refractivity contribution in [3.63, 3.8) is 0 Å². The first kappa shape index (κ1) is 14.5. The SMILES string of the molecule is CC(C)(CCO)NC(=O)CCC1CCCCC1. The molecule has 1 fully saturated rings. The van der Waals surface area contributed by atoms with Gasteiger partial charge in [0.05, 0.1) is 0 Å². The van der Waals surface area contributed by atoms with E-state index in [-0.39, 0.29) is 18.1 Å². The summed E-state index contributed by atoms with van der Waals surface area (Å²) >= 11 is 0. The van der Waals surface area contributed by atoms with Gasteiger partial charge in [0.2, 0.25) is 5.91 Å². The summed E-state index contributed by atoms with van der Waals surface area (Å²) in [6, 6.07) is 0. The summed E-state index contributed by atoms with van der Waals surface area (Å²) < 4.78 is 0. The number of aliphatic hydroxyl groups excluding tert-OH is 1. The fourth-order valence-electron chi connectivity index (χ4n) is 2.59. The van der Waals surface area contributed by atoms with Crippen LogP contribution in [0.3, 0.4) is 0 Å². The van der Waals surface area contributed by atoms with Crippen molar-refractivity contribution < 1.29 is 9.90 Å². The van der Waals surface area contributed by atoms with Crippen LogP contribution in [-0.4, -0.2) is 23.2 Å². The molecule has 2 N–H and O–H groups in total. The third-order valence-electron chi connectivity index (χ3n) is 3.72. The van der Waals surface area contributed by atoms with Crippen molar-refractivity contribution in [2.75, 3.05) is 6.61 Å². The maximum Gasteiger partial charge on any atom is 0.220 e. The molecule has 1 aliphatic rings. The molecule has 0 aromatic carbocycles. The number of hydrogen-bond donors (Lipinski definition) is 2. The van der Waals surface area contributed by atoms with Gasteiger partial charge in [0.1, 0.15) is 0 Å². The highest BCUT2D eigenvalue weighted by Gasteiger charge is 2.20. The van der Waals surface area contributed by atoms with Crippen LogP contribution >= 0.6 is 0 Å². The predicted octanol–water partition coefficient (Wildman–Crippen LogP) is 2.62. The number of carbonyl (C=O) groups is 1. The van der Waals surface area contributed by atoms with Gasteiger partial charge < -0.3 is 10.4 Å². The highest BCUT2D eigenvalue weighted by Crippen LogP contribution is 2.27. The fourth-order valence-corrected chi connectivity index (χ4v) is 2.59. The average molecular weight is 241 g/mol. The molecule has 1 rings (SSSR count). The number of amides is 1. The van der Waals surface area contributed by atoms with E-state index in [1.165, 1.54) is 32.1 Å². The Kier molecular flexibility index (Phi) is 5.96. The number of carbonyl (C=O) groups excluding carboxylic acids is 1. The van der Waals surface area contributed by atoms with Crippen LogP contribution in [0.25, 0.3) is 0 Å². The van der Waals surface area contributed by atoms with Gasteiger partial charge in [-0.2, -0.15) is 0 Å². The quantitative estimate of drug-likeness (QED) is 0.751. The van der Waals surface area contributed by atoms with Crippen molar-refractivity contribution in [2.24, 2.45) is 5.92 Å². The van der Waals surface area contributed by atoms with Gasteiger partial charge in [-0.15, -0.1) is 0 Å². The van der Waals surface area contributed by atoms with E-state index >= 15 is 0 Å². The molecule has 17 heavy (non-hydrogen) atoms. The Balaban J connectivity index is 2.20. The maximum atomic E-state index is 11.8. The Morgan fingerprint density at radius 3 is 2.53 bits per heavy atom. The minimum atomic E-state index is -0.279. The lowest BCUT2D eigenvalue weighted by Gasteiger charge is -2.26. The average Bonchev–Trinajstić information content (AvgIpc) is 2.27. The van der Waals surface area contributed by atoms with E-state index < -0.39 is 0 Å². The van der Waals surface area contributed by atoms with Crippen LogP contribution in [0.2, 0.25) is 0 Å². The predicted molar refractivity (Wildman–Crippen MR) is 69.7 cm³/mol. The Labute approximate surface area is 105 Å². The van der Waals surface area contributed by atoms with Crippen LogP contribution in [0.15, 0.2) is 0 Å². The van der Waals surface area contributed by atoms with E-state index in [9.17, 15) is 4.79 Å². The summed E-state index contributed by atoms with van der Waals surface area (Å²) in [7, 11) is 0. The van der Waals surface area contributed by atoms with E-state index in [1.807, 2.05) is 13.8 Å². The van der Waals surface area contributed by atoms with Crippen molar-refractivity contribution in [1.29, 1.82) is 0 Å². The zero-order valence-corrected chi connectivity index (χ0v) is 11.3. The van der Waals surface area contributed by atoms with Crippen molar-refractivity contribution in [2.45, 2.75) is 70.8 Å². The second-order valence-corrected chi connectivity index (χ2v) is 5.95. The molecule has 0 spiro atoms. The Hall–Kier alpha value is -0.570. The summed E-state index contributed by atoms with van der Waals surface area (Å²) in [6.07, 6.45) is 8.92. The number of aliphatic hydroxyl groups is 1. The third kappa shape index (κ3) is 6.06. The first-order valence-corrected chi connectivity index (χ1v) is 6.95. The monoisotopic (exact) mass is 241 g/mol. The molecule has 0 heterocycles. The zero-order chi connectivity index (χ0) is 12.7. The molecule has 1 aliphatic carbocycles. The molecule has 0 atom stereocenters. The fraction of sp³-hybridized carbons (Fsp3) is 0.929. The Morgan fingerprint density at radius 1 is 1.29 bits per heavy atom. The van der Waals surface area contributed by atoms with Crippen molar-refractivity contribution >= 4 is 5.91 Å². The van der Waals surface area contributed by atoms with Gasteiger partial charge in [0.25, 0.3) is 0 Å². The van der Waals surface area contributed by atoms with Gasteiger partial charge in [-0.3, -0.25) is 4.79 Å². The summed E-state index contributed by atoms with van der Waals surface area (Å²) in [6.45, 7) is 4.04. The molecule has 0 radical (unpaired) electrons. The lowest BCUT2D eigenvalue weighted by Crippen LogP contribution is -2.44. The molecule has 0 saturated heterocycles. The van der Waals surface area contributed by atoms with Crippen LogP contribution < -0.4 is 5.32 Å². The lowest BCUT2D eigenvalue weighted by molar-refractivity contribution is -0.123. The van der Waals surface area contributed by atoms with Gasteiger partial charge in [0, 0.05) is 18.6 Å². The Morgan fingerprint density at radius 2 is 1.94 bits per heavy atom. The van der Waals surface area contributed by atoms with Crippen LogP contribution in [0, 0.1) is 5.92 Å². The largest absolute Gasteiger partial charge is 0.396 e. The smallest absolute Gasteiger partial charge is 0.220 e. The van der Waals surface area contributed by atoms with E-state index in [0.717, 1.165) is 12.3 Å². The molecule has 0 aliphatic heterocycles. The van der Waals surface area contributed by atoms with E-state index in [4.69, 9.17) is 5.11 Å².